The molecular formula is C27H28ClFN6O. The Balaban J connectivity index is 1.89. The fourth-order valence-electron chi connectivity index (χ4n) is 4.80. The normalized spacial score (nSPS) is 16.2. The van der Waals surface area contributed by atoms with Gasteiger partial charge < -0.3 is 10.2 Å². The predicted molar refractivity (Wildman–Crippen MR) is 142 cm³/mol. The van der Waals surface area contributed by atoms with E-state index in [4.69, 9.17) is 16.6 Å². The topological polar surface area (TPSA) is 75.9 Å². The summed E-state index contributed by atoms with van der Waals surface area (Å²) in [6, 6.07) is 10.2. The first-order valence-corrected chi connectivity index (χ1v) is 12.5. The molecule has 186 valence electrons. The highest BCUT2D eigenvalue weighted by Crippen LogP contribution is 2.35. The molecule has 0 spiro atoms. The molecule has 0 amide bonds. The fourth-order valence-corrected chi connectivity index (χ4v) is 5.05. The molecule has 0 bridgehead atoms. The van der Waals surface area contributed by atoms with Gasteiger partial charge in [-0.25, -0.2) is 18.7 Å². The average molecular weight is 507 g/mol. The van der Waals surface area contributed by atoms with Gasteiger partial charge in [0.1, 0.15) is 11.6 Å². The van der Waals surface area contributed by atoms with Crippen molar-refractivity contribution in [1.82, 2.24) is 24.8 Å². The molecule has 1 aliphatic rings. The molecular weight excluding hydrogens is 479 g/mol. The molecule has 1 N–H and O–H groups in total. The number of aryl methyl sites for hydroxylation is 1. The second kappa shape index (κ2) is 9.59. The minimum Gasteiger partial charge on any atom is -0.353 e. The van der Waals surface area contributed by atoms with Gasteiger partial charge in [-0.1, -0.05) is 37.6 Å². The zero-order chi connectivity index (χ0) is 25.6. The standard InChI is InChI=1S/C27H28ClFN6O/c1-15(2)22-24(16(3)9-10-31-22)35-26-19(25(33-27(35)36)34-12-11-30-17(4)14-34)13-20(28)23(32-26)18-7-5-6-8-21(18)29/h5-10,13,15,17,30H,11-12,14H2,1-4H3/t17-/m1/s1. The van der Waals surface area contributed by atoms with Crippen molar-refractivity contribution in [3.05, 3.63) is 75.2 Å². The lowest BCUT2D eigenvalue weighted by atomic mass is 10.0. The van der Waals surface area contributed by atoms with E-state index in [-0.39, 0.29) is 28.2 Å². The zero-order valence-corrected chi connectivity index (χ0v) is 21.5. The van der Waals surface area contributed by atoms with Gasteiger partial charge in [-0.05, 0) is 49.6 Å². The third-order valence-corrected chi connectivity index (χ3v) is 6.81. The van der Waals surface area contributed by atoms with E-state index in [1.807, 2.05) is 26.8 Å². The molecule has 1 aliphatic heterocycles. The second-order valence-corrected chi connectivity index (χ2v) is 9.95. The van der Waals surface area contributed by atoms with Gasteiger partial charge in [-0.3, -0.25) is 4.98 Å². The Morgan fingerprint density at radius 2 is 1.97 bits per heavy atom. The van der Waals surface area contributed by atoms with Gasteiger partial charge in [0.2, 0.25) is 0 Å². The highest BCUT2D eigenvalue weighted by atomic mass is 35.5. The summed E-state index contributed by atoms with van der Waals surface area (Å²) in [5, 5.41) is 4.33. The van der Waals surface area contributed by atoms with Gasteiger partial charge in [0.25, 0.3) is 0 Å². The maximum atomic E-state index is 14.8. The molecule has 3 aromatic heterocycles. The average Bonchev–Trinajstić information content (AvgIpc) is 2.84. The van der Waals surface area contributed by atoms with Crippen molar-refractivity contribution in [1.29, 1.82) is 0 Å². The van der Waals surface area contributed by atoms with E-state index in [1.165, 1.54) is 10.6 Å². The molecule has 1 saturated heterocycles. The van der Waals surface area contributed by atoms with Gasteiger partial charge in [-0.2, -0.15) is 4.98 Å². The van der Waals surface area contributed by atoms with Crippen LogP contribution in [-0.4, -0.2) is 45.2 Å². The number of piperazine rings is 1. The SMILES string of the molecule is Cc1ccnc(C(C)C)c1-n1c(=O)nc(N2CCN[C@H](C)C2)c2cc(Cl)c(-c3ccccc3F)nc21. The van der Waals surface area contributed by atoms with Crippen molar-refractivity contribution in [3.8, 4) is 16.9 Å². The second-order valence-electron chi connectivity index (χ2n) is 9.54. The summed E-state index contributed by atoms with van der Waals surface area (Å²) >= 11 is 6.71. The summed E-state index contributed by atoms with van der Waals surface area (Å²) in [6.45, 7) is 10.2. The Hall–Kier alpha value is -3.36. The van der Waals surface area contributed by atoms with Gasteiger partial charge >= 0.3 is 5.69 Å². The molecule has 0 saturated carbocycles. The van der Waals surface area contributed by atoms with Crippen LogP contribution in [0.1, 0.15) is 37.9 Å². The van der Waals surface area contributed by atoms with Crippen LogP contribution < -0.4 is 15.9 Å². The molecule has 1 fully saturated rings. The quantitative estimate of drug-likeness (QED) is 0.426. The molecule has 4 heterocycles. The summed E-state index contributed by atoms with van der Waals surface area (Å²) in [6.07, 6.45) is 1.74. The van der Waals surface area contributed by atoms with Crippen molar-refractivity contribution < 1.29 is 4.39 Å². The van der Waals surface area contributed by atoms with Crippen LogP contribution >= 0.6 is 11.6 Å². The molecule has 0 unspecified atom stereocenters. The number of hydrogen-bond acceptors (Lipinski definition) is 6. The number of hydrogen-bond donors (Lipinski definition) is 1. The fraction of sp³-hybridized carbons (Fsp3) is 0.333. The molecule has 7 nitrogen and oxygen atoms in total. The van der Waals surface area contributed by atoms with Crippen molar-refractivity contribution in [2.75, 3.05) is 24.5 Å². The van der Waals surface area contributed by atoms with Crippen LogP contribution in [0.15, 0.2) is 47.4 Å². The van der Waals surface area contributed by atoms with Crippen LogP contribution in [0.25, 0.3) is 28.0 Å². The highest BCUT2D eigenvalue weighted by molar-refractivity contribution is 6.33. The van der Waals surface area contributed by atoms with E-state index in [9.17, 15) is 9.18 Å². The van der Waals surface area contributed by atoms with Gasteiger partial charge in [0, 0.05) is 37.4 Å². The lowest BCUT2D eigenvalue weighted by Crippen LogP contribution is -2.50. The highest BCUT2D eigenvalue weighted by Gasteiger charge is 2.26. The van der Waals surface area contributed by atoms with Crippen LogP contribution in [0.2, 0.25) is 5.02 Å². The van der Waals surface area contributed by atoms with E-state index in [1.54, 1.807) is 30.5 Å². The molecule has 4 aromatic rings. The smallest absolute Gasteiger partial charge is 0.353 e. The van der Waals surface area contributed by atoms with Crippen molar-refractivity contribution in [2.24, 2.45) is 0 Å². The summed E-state index contributed by atoms with van der Waals surface area (Å²) in [4.78, 5) is 29.8. The van der Waals surface area contributed by atoms with Gasteiger partial charge in [0.05, 0.1) is 27.5 Å². The lowest BCUT2D eigenvalue weighted by molar-refractivity contribution is 0.482. The minimum atomic E-state index is -0.462. The number of pyridine rings is 2. The van der Waals surface area contributed by atoms with Crippen molar-refractivity contribution in [2.45, 2.75) is 39.7 Å². The van der Waals surface area contributed by atoms with E-state index < -0.39 is 11.5 Å². The first-order chi connectivity index (χ1) is 17.3. The predicted octanol–water partition coefficient (Wildman–Crippen LogP) is 4.87. The zero-order valence-electron chi connectivity index (χ0n) is 20.7. The number of anilines is 1. The van der Waals surface area contributed by atoms with Crippen LogP contribution in [0, 0.1) is 12.7 Å². The van der Waals surface area contributed by atoms with Crippen LogP contribution in [0.3, 0.4) is 0 Å². The summed E-state index contributed by atoms with van der Waals surface area (Å²) < 4.78 is 16.3. The monoisotopic (exact) mass is 506 g/mol. The molecule has 9 heteroatoms. The van der Waals surface area contributed by atoms with E-state index in [0.29, 0.717) is 35.6 Å². The molecule has 0 radical (unpaired) electrons. The Morgan fingerprint density at radius 3 is 2.69 bits per heavy atom. The third kappa shape index (κ3) is 4.24. The van der Waals surface area contributed by atoms with Crippen LogP contribution in [0.4, 0.5) is 10.2 Å². The van der Waals surface area contributed by atoms with Crippen molar-refractivity contribution >= 4 is 28.5 Å². The molecule has 1 atom stereocenters. The molecule has 0 aliphatic carbocycles. The Bertz CT molecular complexity index is 1520. The Morgan fingerprint density at radius 1 is 1.19 bits per heavy atom. The summed E-state index contributed by atoms with van der Waals surface area (Å²) in [5.74, 6) is 0.140. The number of aromatic nitrogens is 4. The van der Waals surface area contributed by atoms with Crippen molar-refractivity contribution in [3.63, 3.8) is 0 Å². The number of nitrogens with zero attached hydrogens (tertiary/aromatic N) is 5. The summed E-state index contributed by atoms with van der Waals surface area (Å²) in [7, 11) is 0. The van der Waals surface area contributed by atoms with Gasteiger partial charge in [-0.15, -0.1) is 0 Å². The maximum absolute atomic E-state index is 14.8. The third-order valence-electron chi connectivity index (χ3n) is 6.52. The first-order valence-electron chi connectivity index (χ1n) is 12.1. The number of fused-ring (bicyclic) bond motifs is 1. The number of halogens is 2. The van der Waals surface area contributed by atoms with E-state index in [2.05, 4.69) is 27.1 Å². The largest absolute Gasteiger partial charge is 0.355 e. The van der Waals surface area contributed by atoms with Crippen LogP contribution in [0.5, 0.6) is 0 Å². The molecule has 36 heavy (non-hydrogen) atoms. The Kier molecular flexibility index (Phi) is 6.49. The maximum Gasteiger partial charge on any atom is 0.355 e. The lowest BCUT2D eigenvalue weighted by Gasteiger charge is -2.33. The molecule has 5 rings (SSSR count). The van der Waals surface area contributed by atoms with Gasteiger partial charge in [0.15, 0.2) is 5.65 Å². The van der Waals surface area contributed by atoms with E-state index >= 15 is 0 Å². The summed E-state index contributed by atoms with van der Waals surface area (Å²) in [5.41, 5.74) is 2.72. The number of benzene rings is 1. The number of rotatable bonds is 4. The molecule has 1 aromatic carbocycles. The minimum absolute atomic E-state index is 0.0499. The Labute approximate surface area is 214 Å². The first kappa shape index (κ1) is 24.3. The van der Waals surface area contributed by atoms with E-state index in [0.717, 1.165) is 17.8 Å². The van der Waals surface area contributed by atoms with Crippen LogP contribution in [-0.2, 0) is 0 Å². The number of nitrogens with one attached hydrogen (secondary N) is 1.